The molecule has 0 aromatic heterocycles. The zero-order valence-electron chi connectivity index (χ0n) is 23.3. The van der Waals surface area contributed by atoms with Gasteiger partial charge in [-0.15, -0.1) is 0 Å². The summed E-state index contributed by atoms with van der Waals surface area (Å²) in [5, 5.41) is 64.4. The Balaban J connectivity index is 1.66. The van der Waals surface area contributed by atoms with E-state index in [9.17, 15) is 30.0 Å². The number of nitrogens with one attached hydrogen (secondary N) is 3. The lowest BCUT2D eigenvalue weighted by Gasteiger charge is -2.22. The molecule has 218 valence electrons. The molecule has 7 aromatic rings. The Bertz CT molecular complexity index is 2380. The minimum atomic E-state index is -1.27. The Morgan fingerprint density at radius 2 is 1.00 bits per heavy atom. The number of carboxylic acids is 2. The van der Waals surface area contributed by atoms with Gasteiger partial charge in [-0.3, -0.25) is 10.8 Å². The number of hydrogen-bond donors (Lipinski definition) is 7. The Morgan fingerprint density at radius 1 is 0.489 bits per heavy atom. The van der Waals surface area contributed by atoms with Crippen LogP contribution < -0.4 is 5.32 Å². The molecule has 0 unspecified atom stereocenters. The summed E-state index contributed by atoms with van der Waals surface area (Å²) in [7, 11) is 0. The highest BCUT2D eigenvalue weighted by Crippen LogP contribution is 2.47. The summed E-state index contributed by atoms with van der Waals surface area (Å²) in [6, 6.07) is 27.9. The normalized spacial score (nSPS) is 11.4. The predicted molar refractivity (Wildman–Crippen MR) is 176 cm³/mol. The molecule has 0 saturated heterocycles. The Kier molecular flexibility index (Phi) is 6.12. The number of carboxylic acid groups (broad SMARTS) is 2. The van der Waals surface area contributed by atoms with Gasteiger partial charge in [-0.1, -0.05) is 48.5 Å². The molecule has 7 aromatic carbocycles. The topological polar surface area (TPSA) is 175 Å². The molecular weight excluding hydrogens is 570 g/mol. The van der Waals surface area contributed by atoms with Gasteiger partial charge in [0.05, 0.1) is 11.1 Å². The van der Waals surface area contributed by atoms with Crippen molar-refractivity contribution in [1.82, 2.24) is 0 Å². The van der Waals surface area contributed by atoms with E-state index in [1.165, 1.54) is 18.2 Å². The molecule has 0 amide bonds. The molecule has 45 heavy (non-hydrogen) atoms. The molecule has 7 rings (SSSR count). The van der Waals surface area contributed by atoms with Gasteiger partial charge in [0.2, 0.25) is 11.8 Å². The van der Waals surface area contributed by atoms with Gasteiger partial charge in [-0.25, -0.2) is 9.59 Å². The van der Waals surface area contributed by atoms with Crippen LogP contribution in [0.4, 0.5) is 11.4 Å². The molecule has 0 aliphatic heterocycles. The van der Waals surface area contributed by atoms with Crippen LogP contribution in [0.5, 0.6) is 0 Å². The number of rotatable bonds is 7. The monoisotopic (exact) mass is 593 g/mol. The van der Waals surface area contributed by atoms with E-state index in [4.69, 9.17) is 10.8 Å². The predicted octanol–water partition coefficient (Wildman–Crippen LogP) is 8.31. The van der Waals surface area contributed by atoms with Crippen molar-refractivity contribution in [3.63, 3.8) is 0 Å². The van der Waals surface area contributed by atoms with E-state index in [2.05, 4.69) is 5.32 Å². The van der Waals surface area contributed by atoms with Crippen molar-refractivity contribution < 1.29 is 30.0 Å². The van der Waals surface area contributed by atoms with E-state index in [-0.39, 0.29) is 33.0 Å². The molecular formula is C36H23N3O6. The smallest absolute Gasteiger partial charge is 0.336 e. The first kappa shape index (κ1) is 27.4. The van der Waals surface area contributed by atoms with E-state index in [0.29, 0.717) is 43.4 Å². The van der Waals surface area contributed by atoms with Crippen molar-refractivity contribution in [2.45, 2.75) is 0 Å². The first-order chi connectivity index (χ1) is 21.7. The maximum atomic E-state index is 12.3. The maximum Gasteiger partial charge on any atom is 0.336 e. The molecule has 0 aliphatic carbocycles. The van der Waals surface area contributed by atoms with Crippen molar-refractivity contribution >= 4 is 78.2 Å². The molecule has 9 nitrogen and oxygen atoms in total. The highest BCUT2D eigenvalue weighted by atomic mass is 16.4. The second-order valence-electron chi connectivity index (χ2n) is 10.7. The number of aliphatic hydroxyl groups excluding tert-OH is 2. The fourth-order valence-electron chi connectivity index (χ4n) is 6.39. The number of para-hydroxylation sites is 1. The van der Waals surface area contributed by atoms with Gasteiger partial charge in [-0.2, -0.15) is 0 Å². The molecule has 0 fully saturated rings. The number of aliphatic hydroxyl groups is 2. The van der Waals surface area contributed by atoms with Gasteiger partial charge in [0.25, 0.3) is 0 Å². The SMILES string of the molecule is N=C(O)c1ccc2c3ccc(C(=O)O)c4c(C(=O)O)ccc(c5c(-c6ccc(Nc7ccccc7)cc6)cc(C(=N)O)c1c25)c43. The number of hydrogen-bond acceptors (Lipinski definition) is 5. The van der Waals surface area contributed by atoms with E-state index in [0.717, 1.165) is 11.4 Å². The lowest BCUT2D eigenvalue weighted by molar-refractivity contribution is 0.0695. The summed E-state index contributed by atoms with van der Waals surface area (Å²) in [4.78, 5) is 24.7. The van der Waals surface area contributed by atoms with Gasteiger partial charge in [0.1, 0.15) is 0 Å². The molecule has 0 bridgehead atoms. The van der Waals surface area contributed by atoms with Gasteiger partial charge >= 0.3 is 11.9 Å². The van der Waals surface area contributed by atoms with Gasteiger partial charge < -0.3 is 25.7 Å². The van der Waals surface area contributed by atoms with Crippen LogP contribution in [0.1, 0.15) is 31.8 Å². The molecule has 7 N–H and O–H groups in total. The first-order valence-electron chi connectivity index (χ1n) is 13.8. The average molecular weight is 594 g/mol. The van der Waals surface area contributed by atoms with Crippen molar-refractivity contribution in [3.8, 4) is 11.1 Å². The Hall–Kier alpha value is -6.48. The van der Waals surface area contributed by atoms with Crippen LogP contribution in [0.15, 0.2) is 97.1 Å². The number of benzene rings is 7. The third kappa shape index (κ3) is 4.17. The Labute approximate surface area is 254 Å². The standard InChI is InChI=1S/C36H23N3O6/c37-33(40)23-13-10-21-20-11-14-24(35(42)43)31-25(36(44)45)15-12-22(28(20)31)29-26(16-27(34(38)41)30(23)32(21)29)17-6-8-19(9-7-17)39-18-4-2-1-3-5-18/h1-16,39H,(H2,37,40)(H2,38,41)(H,42,43)(H,44,45). The molecule has 0 aliphatic rings. The lowest BCUT2D eigenvalue weighted by Crippen LogP contribution is -2.08. The fraction of sp³-hybridized carbons (Fsp3) is 0. The number of anilines is 2. The summed E-state index contributed by atoms with van der Waals surface area (Å²) in [5.74, 6) is -4.06. The minimum absolute atomic E-state index is 0.0788. The molecule has 9 heteroatoms. The molecule has 0 spiro atoms. The number of aromatic carboxylic acids is 2. The van der Waals surface area contributed by atoms with Crippen LogP contribution in [-0.2, 0) is 0 Å². The first-order valence-corrected chi connectivity index (χ1v) is 13.8. The highest BCUT2D eigenvalue weighted by Gasteiger charge is 2.26. The Morgan fingerprint density at radius 3 is 1.58 bits per heavy atom. The summed E-state index contributed by atoms with van der Waals surface area (Å²) in [6.07, 6.45) is 0. The van der Waals surface area contributed by atoms with Crippen molar-refractivity contribution in [2.24, 2.45) is 0 Å². The van der Waals surface area contributed by atoms with Crippen LogP contribution in [-0.4, -0.2) is 44.2 Å². The van der Waals surface area contributed by atoms with E-state index in [1.54, 1.807) is 24.3 Å². The van der Waals surface area contributed by atoms with Crippen LogP contribution in [0.25, 0.3) is 54.2 Å². The quantitative estimate of drug-likeness (QED) is 0.0421. The largest absolute Gasteiger partial charge is 0.493 e. The summed E-state index contributed by atoms with van der Waals surface area (Å²) < 4.78 is 0. The highest BCUT2D eigenvalue weighted by molar-refractivity contribution is 6.40. The van der Waals surface area contributed by atoms with Gasteiger partial charge in [-0.05, 0) is 92.0 Å². The third-order valence-electron chi connectivity index (χ3n) is 8.23. The molecule has 0 atom stereocenters. The zero-order valence-corrected chi connectivity index (χ0v) is 23.3. The van der Waals surface area contributed by atoms with E-state index >= 15 is 0 Å². The third-order valence-corrected chi connectivity index (χ3v) is 8.23. The van der Waals surface area contributed by atoms with E-state index in [1.807, 2.05) is 54.6 Å². The second kappa shape index (κ2) is 10.1. The maximum absolute atomic E-state index is 12.3. The minimum Gasteiger partial charge on any atom is -0.493 e. The van der Waals surface area contributed by atoms with Crippen LogP contribution in [0, 0.1) is 10.8 Å². The van der Waals surface area contributed by atoms with E-state index < -0.39 is 23.7 Å². The van der Waals surface area contributed by atoms with Gasteiger partial charge in [0, 0.05) is 33.3 Å². The van der Waals surface area contributed by atoms with Crippen molar-refractivity contribution in [1.29, 1.82) is 10.8 Å². The number of fused-ring (bicyclic) bond motifs is 2. The number of carbonyl (C=O) groups is 2. The van der Waals surface area contributed by atoms with Gasteiger partial charge in [0.15, 0.2) is 0 Å². The summed E-state index contributed by atoms with van der Waals surface area (Å²) in [6.45, 7) is 0. The zero-order chi connectivity index (χ0) is 31.6. The lowest BCUT2D eigenvalue weighted by atomic mass is 9.81. The molecule has 0 heterocycles. The summed E-state index contributed by atoms with van der Waals surface area (Å²) >= 11 is 0. The van der Waals surface area contributed by atoms with Crippen molar-refractivity contribution in [3.05, 3.63) is 119 Å². The van der Waals surface area contributed by atoms with Crippen molar-refractivity contribution in [2.75, 3.05) is 5.32 Å². The second-order valence-corrected chi connectivity index (χ2v) is 10.7. The van der Waals surface area contributed by atoms with Crippen LogP contribution in [0.3, 0.4) is 0 Å². The molecule has 0 saturated carbocycles. The molecule has 0 radical (unpaired) electrons. The summed E-state index contributed by atoms with van der Waals surface area (Å²) in [5.41, 5.74) is 2.88. The van der Waals surface area contributed by atoms with Crippen LogP contribution in [0.2, 0.25) is 0 Å². The average Bonchev–Trinajstić information content (AvgIpc) is 3.03. The fourth-order valence-corrected chi connectivity index (χ4v) is 6.39. The van der Waals surface area contributed by atoms with Crippen LogP contribution >= 0.6 is 0 Å².